The van der Waals surface area contributed by atoms with E-state index in [1.165, 1.54) is 0 Å². The Labute approximate surface area is 101 Å². The van der Waals surface area contributed by atoms with E-state index in [2.05, 4.69) is 0 Å². The molecule has 4 heteroatoms. The highest BCUT2D eigenvalue weighted by molar-refractivity contribution is 7.99. The summed E-state index contributed by atoms with van der Waals surface area (Å²) in [6, 6.07) is 7.79. The Morgan fingerprint density at radius 2 is 2.12 bits per heavy atom. The standard InChI is InChI=1S/C12H18O3S/c1-3-15-8-10(13)9-16-12-7-5-4-6-11(12)14-2/h4-7,10,13H,3,8-9H2,1-2H3. The lowest BCUT2D eigenvalue weighted by atomic mass is 10.3. The lowest BCUT2D eigenvalue weighted by molar-refractivity contribution is 0.0551. The molecule has 0 saturated carbocycles. The number of para-hydroxylation sites is 1. The Morgan fingerprint density at radius 1 is 1.38 bits per heavy atom. The first-order chi connectivity index (χ1) is 7.77. The van der Waals surface area contributed by atoms with E-state index in [0.717, 1.165) is 10.6 Å². The van der Waals surface area contributed by atoms with Crippen LogP contribution in [0.1, 0.15) is 6.92 Å². The van der Waals surface area contributed by atoms with E-state index in [4.69, 9.17) is 9.47 Å². The second-order valence-electron chi connectivity index (χ2n) is 3.28. The van der Waals surface area contributed by atoms with Crippen LogP contribution in [0.2, 0.25) is 0 Å². The molecule has 1 rings (SSSR count). The fourth-order valence-electron chi connectivity index (χ4n) is 1.23. The molecule has 0 fully saturated rings. The average Bonchev–Trinajstić information content (AvgIpc) is 2.34. The number of aliphatic hydroxyl groups is 1. The number of ether oxygens (including phenoxy) is 2. The minimum atomic E-state index is -0.435. The van der Waals surface area contributed by atoms with Crippen molar-refractivity contribution in [1.29, 1.82) is 0 Å². The van der Waals surface area contributed by atoms with Gasteiger partial charge in [0.2, 0.25) is 0 Å². The highest BCUT2D eigenvalue weighted by Crippen LogP contribution is 2.28. The fourth-order valence-corrected chi connectivity index (χ4v) is 2.16. The number of aliphatic hydroxyl groups excluding tert-OH is 1. The lowest BCUT2D eigenvalue weighted by Crippen LogP contribution is -2.17. The van der Waals surface area contributed by atoms with E-state index in [9.17, 15) is 5.11 Å². The molecule has 3 nitrogen and oxygen atoms in total. The molecule has 0 radical (unpaired) electrons. The number of thioether (sulfide) groups is 1. The molecule has 1 aromatic carbocycles. The first kappa shape index (κ1) is 13.4. The van der Waals surface area contributed by atoms with Crippen molar-refractivity contribution in [1.82, 2.24) is 0 Å². The van der Waals surface area contributed by atoms with Crippen molar-refractivity contribution < 1.29 is 14.6 Å². The minimum Gasteiger partial charge on any atom is -0.496 e. The van der Waals surface area contributed by atoms with Crippen molar-refractivity contribution in [2.45, 2.75) is 17.9 Å². The molecular formula is C12H18O3S. The Balaban J connectivity index is 2.41. The average molecular weight is 242 g/mol. The molecule has 0 aliphatic heterocycles. The number of hydrogen-bond acceptors (Lipinski definition) is 4. The van der Waals surface area contributed by atoms with Crippen LogP contribution in [0.25, 0.3) is 0 Å². The summed E-state index contributed by atoms with van der Waals surface area (Å²) in [5, 5.41) is 9.62. The fraction of sp³-hybridized carbons (Fsp3) is 0.500. The summed E-state index contributed by atoms with van der Waals surface area (Å²) in [7, 11) is 1.65. The quantitative estimate of drug-likeness (QED) is 0.744. The van der Waals surface area contributed by atoms with Gasteiger partial charge in [-0.15, -0.1) is 11.8 Å². The molecule has 16 heavy (non-hydrogen) atoms. The van der Waals surface area contributed by atoms with Crippen molar-refractivity contribution in [2.24, 2.45) is 0 Å². The summed E-state index contributed by atoms with van der Waals surface area (Å²) in [4.78, 5) is 1.04. The van der Waals surface area contributed by atoms with Gasteiger partial charge in [-0.3, -0.25) is 0 Å². The largest absolute Gasteiger partial charge is 0.496 e. The van der Waals surface area contributed by atoms with Gasteiger partial charge in [0, 0.05) is 17.3 Å². The second kappa shape index (κ2) is 7.54. The van der Waals surface area contributed by atoms with Crippen molar-refractivity contribution in [3.05, 3.63) is 24.3 Å². The van der Waals surface area contributed by atoms with Gasteiger partial charge in [-0.1, -0.05) is 12.1 Å². The SMILES string of the molecule is CCOCC(O)CSc1ccccc1OC. The molecule has 1 N–H and O–H groups in total. The van der Waals surface area contributed by atoms with Crippen LogP contribution in [0.4, 0.5) is 0 Å². The first-order valence-corrected chi connectivity index (χ1v) is 6.28. The van der Waals surface area contributed by atoms with Crippen molar-refractivity contribution in [3.63, 3.8) is 0 Å². The predicted molar refractivity (Wildman–Crippen MR) is 66.2 cm³/mol. The van der Waals surface area contributed by atoms with Crippen LogP contribution in [0.3, 0.4) is 0 Å². The summed E-state index contributed by atoms with van der Waals surface area (Å²) in [5.74, 6) is 1.46. The van der Waals surface area contributed by atoms with E-state index in [1.54, 1.807) is 18.9 Å². The third-order valence-electron chi connectivity index (χ3n) is 2.01. The van der Waals surface area contributed by atoms with Crippen LogP contribution in [0.5, 0.6) is 5.75 Å². The molecule has 1 aromatic rings. The van der Waals surface area contributed by atoms with Crippen LogP contribution in [-0.2, 0) is 4.74 Å². The molecule has 1 atom stereocenters. The van der Waals surface area contributed by atoms with Crippen molar-refractivity contribution >= 4 is 11.8 Å². The molecule has 0 saturated heterocycles. The molecule has 0 spiro atoms. The lowest BCUT2D eigenvalue weighted by Gasteiger charge is -2.11. The first-order valence-electron chi connectivity index (χ1n) is 5.29. The summed E-state index contributed by atoms with van der Waals surface area (Å²) < 4.78 is 10.4. The number of hydrogen-bond donors (Lipinski definition) is 1. The summed E-state index contributed by atoms with van der Waals surface area (Å²) in [6.07, 6.45) is -0.435. The van der Waals surface area contributed by atoms with Crippen LogP contribution < -0.4 is 4.74 Å². The van der Waals surface area contributed by atoms with Crippen molar-refractivity contribution in [2.75, 3.05) is 26.1 Å². The van der Waals surface area contributed by atoms with Gasteiger partial charge < -0.3 is 14.6 Å². The molecule has 0 aliphatic carbocycles. The van der Waals surface area contributed by atoms with Crippen LogP contribution >= 0.6 is 11.8 Å². The highest BCUT2D eigenvalue weighted by atomic mass is 32.2. The topological polar surface area (TPSA) is 38.7 Å². The van der Waals surface area contributed by atoms with Crippen LogP contribution in [0, 0.1) is 0 Å². The van der Waals surface area contributed by atoms with E-state index >= 15 is 0 Å². The summed E-state index contributed by atoms with van der Waals surface area (Å²) in [6.45, 7) is 2.94. The Bertz CT molecular complexity index is 304. The molecule has 0 bridgehead atoms. The zero-order valence-corrected chi connectivity index (χ0v) is 10.5. The molecule has 1 unspecified atom stereocenters. The smallest absolute Gasteiger partial charge is 0.132 e. The molecule has 0 aromatic heterocycles. The Kier molecular flexibility index (Phi) is 6.30. The van der Waals surface area contributed by atoms with Crippen LogP contribution in [0.15, 0.2) is 29.2 Å². The van der Waals surface area contributed by atoms with Gasteiger partial charge in [-0.25, -0.2) is 0 Å². The predicted octanol–water partition coefficient (Wildman–Crippen LogP) is 2.18. The molecule has 0 aliphatic rings. The summed E-state index contributed by atoms with van der Waals surface area (Å²) in [5.41, 5.74) is 0. The van der Waals surface area contributed by atoms with Gasteiger partial charge in [-0.2, -0.15) is 0 Å². The van der Waals surface area contributed by atoms with Gasteiger partial charge in [0.15, 0.2) is 0 Å². The maximum absolute atomic E-state index is 9.62. The normalized spacial score (nSPS) is 12.4. The minimum absolute atomic E-state index is 0.388. The number of benzene rings is 1. The Morgan fingerprint density at radius 3 is 2.81 bits per heavy atom. The van der Waals surface area contributed by atoms with E-state index in [0.29, 0.717) is 19.0 Å². The maximum atomic E-state index is 9.62. The zero-order valence-electron chi connectivity index (χ0n) is 9.68. The molecular weight excluding hydrogens is 224 g/mol. The van der Waals surface area contributed by atoms with Crippen LogP contribution in [-0.4, -0.2) is 37.3 Å². The molecule has 0 heterocycles. The number of methoxy groups -OCH3 is 1. The monoisotopic (exact) mass is 242 g/mol. The van der Waals surface area contributed by atoms with Gasteiger partial charge in [0.05, 0.1) is 19.8 Å². The molecule has 0 amide bonds. The van der Waals surface area contributed by atoms with E-state index < -0.39 is 6.10 Å². The summed E-state index contributed by atoms with van der Waals surface area (Å²) >= 11 is 1.58. The van der Waals surface area contributed by atoms with Gasteiger partial charge in [0.1, 0.15) is 5.75 Å². The third-order valence-corrected chi connectivity index (χ3v) is 3.21. The van der Waals surface area contributed by atoms with Gasteiger partial charge in [0.25, 0.3) is 0 Å². The van der Waals surface area contributed by atoms with E-state index in [1.807, 2.05) is 31.2 Å². The van der Waals surface area contributed by atoms with E-state index in [-0.39, 0.29) is 0 Å². The van der Waals surface area contributed by atoms with Crippen molar-refractivity contribution in [3.8, 4) is 5.75 Å². The van der Waals surface area contributed by atoms with Gasteiger partial charge in [-0.05, 0) is 19.1 Å². The second-order valence-corrected chi connectivity index (χ2v) is 4.34. The molecule has 90 valence electrons. The third kappa shape index (κ3) is 4.43. The van der Waals surface area contributed by atoms with Gasteiger partial charge >= 0.3 is 0 Å². The highest BCUT2D eigenvalue weighted by Gasteiger charge is 2.07. The maximum Gasteiger partial charge on any atom is 0.132 e. The zero-order chi connectivity index (χ0) is 11.8. The number of rotatable bonds is 7. The Hall–Kier alpha value is -0.710.